The molecule has 2 aliphatic rings. The fourth-order valence-electron chi connectivity index (χ4n) is 4.05. The second-order valence-electron chi connectivity index (χ2n) is 7.10. The molecule has 1 N–H and O–H groups in total. The van der Waals surface area contributed by atoms with Crippen molar-refractivity contribution in [2.45, 2.75) is 25.3 Å². The number of hydrogen-bond acceptors (Lipinski definition) is 4. The molecule has 1 unspecified atom stereocenters. The molecule has 1 heterocycles. The molecular weight excluding hydrogens is 340 g/mol. The monoisotopic (exact) mass is 366 g/mol. The number of nitrogens with zero attached hydrogens (tertiary/aromatic N) is 1. The van der Waals surface area contributed by atoms with E-state index in [1.54, 1.807) is 7.11 Å². The van der Waals surface area contributed by atoms with Crippen LogP contribution in [0.15, 0.2) is 42.5 Å². The standard InChI is InChI=1S/C22H26N2O3/c1-26-17-9-10-18-16(15-17)5-4-7-20(18)23-22(25)19-6-2-3-8-21(19)24-11-13-27-14-12-24/h2-3,6,8-10,15,20H,4-5,7,11-14H2,1H3,(H,23,25). The quantitative estimate of drug-likeness (QED) is 0.902. The normalized spacial score (nSPS) is 19.3. The number of nitrogens with one attached hydrogen (secondary N) is 1. The molecule has 0 radical (unpaired) electrons. The fraction of sp³-hybridized carbons (Fsp3) is 0.409. The molecule has 2 aromatic carbocycles. The van der Waals surface area contributed by atoms with Crippen LogP contribution in [-0.2, 0) is 11.2 Å². The van der Waals surface area contributed by atoms with E-state index in [4.69, 9.17) is 9.47 Å². The first kappa shape index (κ1) is 17.9. The molecule has 1 saturated heterocycles. The number of amides is 1. The lowest BCUT2D eigenvalue weighted by Gasteiger charge is -2.31. The van der Waals surface area contributed by atoms with E-state index in [1.807, 2.05) is 30.3 Å². The maximum Gasteiger partial charge on any atom is 0.253 e. The van der Waals surface area contributed by atoms with E-state index >= 15 is 0 Å². The van der Waals surface area contributed by atoms with Crippen LogP contribution in [0.4, 0.5) is 5.69 Å². The van der Waals surface area contributed by atoms with E-state index in [0.717, 1.165) is 49.4 Å². The number of fused-ring (bicyclic) bond motifs is 1. The predicted octanol–water partition coefficient (Wildman–Crippen LogP) is 3.34. The van der Waals surface area contributed by atoms with Crippen LogP contribution in [0.5, 0.6) is 5.75 Å². The minimum atomic E-state index is -0.00856. The number of para-hydroxylation sites is 1. The highest BCUT2D eigenvalue weighted by atomic mass is 16.5. The van der Waals surface area contributed by atoms with Gasteiger partial charge in [0, 0.05) is 18.8 Å². The Labute approximate surface area is 160 Å². The van der Waals surface area contributed by atoms with Gasteiger partial charge >= 0.3 is 0 Å². The summed E-state index contributed by atoms with van der Waals surface area (Å²) in [6, 6.07) is 14.1. The number of carbonyl (C=O) groups is 1. The zero-order chi connectivity index (χ0) is 18.6. The number of hydrogen-bond donors (Lipinski definition) is 1. The summed E-state index contributed by atoms with van der Waals surface area (Å²) in [6.45, 7) is 3.04. The summed E-state index contributed by atoms with van der Waals surface area (Å²) in [5.74, 6) is 0.865. The zero-order valence-electron chi connectivity index (χ0n) is 15.7. The maximum absolute atomic E-state index is 13.1. The van der Waals surface area contributed by atoms with Crippen molar-refractivity contribution in [3.8, 4) is 5.75 Å². The first-order valence-corrected chi connectivity index (χ1v) is 9.65. The Morgan fingerprint density at radius 1 is 1.19 bits per heavy atom. The highest BCUT2D eigenvalue weighted by Gasteiger charge is 2.25. The van der Waals surface area contributed by atoms with Gasteiger partial charge in [-0.2, -0.15) is 0 Å². The number of anilines is 1. The van der Waals surface area contributed by atoms with Gasteiger partial charge in [0.1, 0.15) is 5.75 Å². The van der Waals surface area contributed by atoms with Crippen molar-refractivity contribution in [1.29, 1.82) is 0 Å². The molecule has 0 aromatic heterocycles. The SMILES string of the molecule is COc1ccc2c(c1)CCCC2NC(=O)c1ccccc1N1CCOCC1. The second kappa shape index (κ2) is 8.01. The minimum Gasteiger partial charge on any atom is -0.497 e. The van der Waals surface area contributed by atoms with Crippen molar-refractivity contribution in [2.24, 2.45) is 0 Å². The highest BCUT2D eigenvalue weighted by Crippen LogP contribution is 2.33. The van der Waals surface area contributed by atoms with Gasteiger partial charge in [0.05, 0.1) is 31.9 Å². The number of morpholine rings is 1. The molecule has 1 aliphatic heterocycles. The summed E-state index contributed by atoms with van der Waals surface area (Å²) in [5, 5.41) is 3.27. The van der Waals surface area contributed by atoms with Crippen LogP contribution >= 0.6 is 0 Å². The molecule has 0 saturated carbocycles. The van der Waals surface area contributed by atoms with Gasteiger partial charge in [0.15, 0.2) is 0 Å². The van der Waals surface area contributed by atoms with Gasteiger partial charge in [-0.1, -0.05) is 18.2 Å². The van der Waals surface area contributed by atoms with E-state index in [-0.39, 0.29) is 11.9 Å². The molecule has 1 atom stereocenters. The maximum atomic E-state index is 13.1. The molecule has 142 valence electrons. The Bertz CT molecular complexity index is 815. The third-order valence-electron chi connectivity index (χ3n) is 5.47. The summed E-state index contributed by atoms with van der Waals surface area (Å²) < 4.78 is 10.8. The first-order valence-electron chi connectivity index (χ1n) is 9.65. The first-order chi connectivity index (χ1) is 13.3. The Hall–Kier alpha value is -2.53. The molecule has 5 heteroatoms. The van der Waals surface area contributed by atoms with Crippen LogP contribution in [-0.4, -0.2) is 39.3 Å². The van der Waals surface area contributed by atoms with Gasteiger partial charge in [-0.25, -0.2) is 0 Å². The molecule has 4 rings (SSSR count). The van der Waals surface area contributed by atoms with Gasteiger partial charge in [0.25, 0.3) is 5.91 Å². The smallest absolute Gasteiger partial charge is 0.253 e. The van der Waals surface area contributed by atoms with E-state index in [9.17, 15) is 4.79 Å². The van der Waals surface area contributed by atoms with Crippen LogP contribution in [0.1, 0.15) is 40.4 Å². The third-order valence-corrected chi connectivity index (χ3v) is 5.47. The molecule has 0 spiro atoms. The van der Waals surface area contributed by atoms with Gasteiger partial charge < -0.3 is 19.7 Å². The summed E-state index contributed by atoms with van der Waals surface area (Å²) >= 11 is 0. The molecule has 2 aromatic rings. The van der Waals surface area contributed by atoms with Crippen LogP contribution in [0.3, 0.4) is 0 Å². The number of ether oxygens (including phenoxy) is 2. The predicted molar refractivity (Wildman–Crippen MR) is 106 cm³/mol. The number of carbonyl (C=O) groups excluding carboxylic acids is 1. The van der Waals surface area contributed by atoms with Crippen LogP contribution < -0.4 is 15.0 Å². The van der Waals surface area contributed by atoms with Crippen LogP contribution in [0.2, 0.25) is 0 Å². The summed E-state index contributed by atoms with van der Waals surface area (Å²) in [7, 11) is 1.69. The molecule has 1 fully saturated rings. The van der Waals surface area contributed by atoms with Crippen LogP contribution in [0, 0.1) is 0 Å². The topological polar surface area (TPSA) is 50.8 Å². The van der Waals surface area contributed by atoms with Crippen molar-refractivity contribution in [3.05, 3.63) is 59.2 Å². The Balaban J connectivity index is 1.56. The number of benzene rings is 2. The third kappa shape index (κ3) is 3.78. The van der Waals surface area contributed by atoms with Crippen molar-refractivity contribution >= 4 is 11.6 Å². The molecule has 1 aliphatic carbocycles. The largest absolute Gasteiger partial charge is 0.497 e. The van der Waals surface area contributed by atoms with E-state index in [0.29, 0.717) is 13.2 Å². The number of methoxy groups -OCH3 is 1. The van der Waals surface area contributed by atoms with Crippen molar-refractivity contribution in [3.63, 3.8) is 0 Å². The Kier molecular flexibility index (Phi) is 5.30. The lowest BCUT2D eigenvalue weighted by atomic mass is 9.87. The van der Waals surface area contributed by atoms with Crippen molar-refractivity contribution in [1.82, 2.24) is 5.32 Å². The molecule has 5 nitrogen and oxygen atoms in total. The average molecular weight is 366 g/mol. The van der Waals surface area contributed by atoms with Crippen molar-refractivity contribution in [2.75, 3.05) is 38.3 Å². The van der Waals surface area contributed by atoms with Gasteiger partial charge in [-0.15, -0.1) is 0 Å². The minimum absolute atomic E-state index is 0.00856. The van der Waals surface area contributed by atoms with Crippen LogP contribution in [0.25, 0.3) is 0 Å². The Morgan fingerprint density at radius 2 is 2.00 bits per heavy atom. The summed E-state index contributed by atoms with van der Waals surface area (Å²) in [4.78, 5) is 15.3. The van der Waals surface area contributed by atoms with Gasteiger partial charge in [-0.3, -0.25) is 4.79 Å². The average Bonchev–Trinajstić information content (AvgIpc) is 2.74. The number of aryl methyl sites for hydroxylation is 1. The van der Waals surface area contributed by atoms with E-state index < -0.39 is 0 Å². The summed E-state index contributed by atoms with van der Waals surface area (Å²) in [6.07, 6.45) is 3.06. The lowest BCUT2D eigenvalue weighted by Crippen LogP contribution is -2.38. The van der Waals surface area contributed by atoms with Crippen molar-refractivity contribution < 1.29 is 14.3 Å². The molecular formula is C22H26N2O3. The van der Waals surface area contributed by atoms with E-state index in [2.05, 4.69) is 22.3 Å². The zero-order valence-corrected chi connectivity index (χ0v) is 15.7. The van der Waals surface area contributed by atoms with Gasteiger partial charge in [0.2, 0.25) is 0 Å². The lowest BCUT2D eigenvalue weighted by molar-refractivity contribution is 0.0931. The molecule has 1 amide bonds. The molecule has 27 heavy (non-hydrogen) atoms. The van der Waals surface area contributed by atoms with E-state index in [1.165, 1.54) is 11.1 Å². The highest BCUT2D eigenvalue weighted by molar-refractivity contribution is 6.00. The van der Waals surface area contributed by atoms with Gasteiger partial charge in [-0.05, 0) is 54.7 Å². The fourth-order valence-corrected chi connectivity index (χ4v) is 4.05. The Morgan fingerprint density at radius 3 is 2.81 bits per heavy atom. The second-order valence-corrected chi connectivity index (χ2v) is 7.10. The summed E-state index contributed by atoms with van der Waals surface area (Å²) in [5.41, 5.74) is 4.20. The molecule has 0 bridgehead atoms. The number of rotatable bonds is 4.